The van der Waals surface area contributed by atoms with Gasteiger partial charge in [-0.3, -0.25) is 4.79 Å². The zero-order chi connectivity index (χ0) is 18.6. The molecule has 0 aliphatic rings. The fourth-order valence-electron chi connectivity index (χ4n) is 3.01. The first kappa shape index (κ1) is 18.7. The Hall–Kier alpha value is -2.62. The Morgan fingerprint density at radius 1 is 1.04 bits per heavy atom. The highest BCUT2D eigenvalue weighted by Gasteiger charge is 2.16. The molecule has 2 rings (SSSR count). The zero-order valence-corrected chi connectivity index (χ0v) is 15.5. The predicted molar refractivity (Wildman–Crippen MR) is 100 cm³/mol. The third kappa shape index (κ3) is 4.69. The molecule has 1 amide bonds. The fourth-order valence-corrected chi connectivity index (χ4v) is 3.01. The van der Waals surface area contributed by atoms with E-state index < -0.39 is 5.97 Å². The van der Waals surface area contributed by atoms with Crippen LogP contribution in [0.15, 0.2) is 36.4 Å². The van der Waals surface area contributed by atoms with Crippen molar-refractivity contribution in [3.8, 4) is 0 Å². The summed E-state index contributed by atoms with van der Waals surface area (Å²) in [6.07, 6.45) is 0. The third-order valence-electron chi connectivity index (χ3n) is 4.07. The van der Waals surface area contributed by atoms with Crippen LogP contribution in [0.3, 0.4) is 0 Å². The molecule has 0 fully saturated rings. The molecule has 0 heterocycles. The van der Waals surface area contributed by atoms with E-state index in [1.165, 1.54) is 0 Å². The first-order valence-corrected chi connectivity index (χ1v) is 8.43. The fraction of sp³-hybridized carbons (Fsp3) is 0.333. The number of rotatable bonds is 5. The Morgan fingerprint density at radius 3 is 2.24 bits per heavy atom. The second kappa shape index (κ2) is 7.97. The quantitative estimate of drug-likeness (QED) is 0.814. The van der Waals surface area contributed by atoms with Crippen molar-refractivity contribution in [3.63, 3.8) is 0 Å². The molecule has 0 atom stereocenters. The Kier molecular flexibility index (Phi) is 5.97. The molecular weight excluding hydrogens is 314 g/mol. The van der Waals surface area contributed by atoms with Crippen LogP contribution in [0.4, 0.5) is 5.69 Å². The summed E-state index contributed by atoms with van der Waals surface area (Å²) in [5.41, 5.74) is 5.13. The SMILES string of the molecule is Cc1cc(C)c(C(=O)OCC(=O)Nc2ccccc2C(C)C)c(C)c1. The van der Waals surface area contributed by atoms with Gasteiger partial charge < -0.3 is 10.1 Å². The van der Waals surface area contributed by atoms with E-state index in [4.69, 9.17) is 4.74 Å². The van der Waals surface area contributed by atoms with Gasteiger partial charge in [-0.25, -0.2) is 4.79 Å². The second-order valence-electron chi connectivity index (χ2n) is 6.64. The smallest absolute Gasteiger partial charge is 0.339 e. The summed E-state index contributed by atoms with van der Waals surface area (Å²) in [5.74, 6) is -0.525. The van der Waals surface area contributed by atoms with E-state index in [2.05, 4.69) is 19.2 Å². The molecule has 2 aromatic carbocycles. The zero-order valence-electron chi connectivity index (χ0n) is 15.5. The Balaban J connectivity index is 2.03. The van der Waals surface area contributed by atoms with Crippen molar-refractivity contribution in [1.82, 2.24) is 0 Å². The molecule has 4 nitrogen and oxygen atoms in total. The maximum Gasteiger partial charge on any atom is 0.339 e. The van der Waals surface area contributed by atoms with Gasteiger partial charge in [-0.15, -0.1) is 0 Å². The predicted octanol–water partition coefficient (Wildman–Crippen LogP) is 4.53. The molecule has 4 heteroatoms. The molecule has 0 saturated heterocycles. The van der Waals surface area contributed by atoms with Crippen LogP contribution in [0, 0.1) is 20.8 Å². The van der Waals surface area contributed by atoms with Crippen LogP contribution in [0.25, 0.3) is 0 Å². The molecule has 0 aromatic heterocycles. The lowest BCUT2D eigenvalue weighted by atomic mass is 10.00. The highest BCUT2D eigenvalue weighted by molar-refractivity contribution is 5.97. The number of ether oxygens (including phenoxy) is 1. The minimum atomic E-state index is -0.470. The molecule has 0 aliphatic heterocycles. The van der Waals surface area contributed by atoms with E-state index >= 15 is 0 Å². The van der Waals surface area contributed by atoms with Gasteiger partial charge in [-0.05, 0) is 49.4 Å². The average molecular weight is 339 g/mol. The van der Waals surface area contributed by atoms with Gasteiger partial charge in [-0.2, -0.15) is 0 Å². The number of carbonyl (C=O) groups excluding carboxylic acids is 2. The number of esters is 1. The number of carbonyl (C=O) groups is 2. The number of hydrogen-bond acceptors (Lipinski definition) is 3. The van der Waals surface area contributed by atoms with Crippen LogP contribution in [0.1, 0.15) is 52.4 Å². The monoisotopic (exact) mass is 339 g/mol. The molecule has 0 aliphatic carbocycles. The van der Waals surface area contributed by atoms with Gasteiger partial charge in [0, 0.05) is 5.69 Å². The molecule has 0 radical (unpaired) electrons. The van der Waals surface area contributed by atoms with Crippen molar-refractivity contribution in [1.29, 1.82) is 0 Å². The molecule has 0 saturated carbocycles. The van der Waals surface area contributed by atoms with E-state index in [-0.39, 0.29) is 18.4 Å². The Labute approximate surface area is 149 Å². The lowest BCUT2D eigenvalue weighted by Gasteiger charge is -2.14. The highest BCUT2D eigenvalue weighted by Crippen LogP contribution is 2.23. The van der Waals surface area contributed by atoms with Gasteiger partial charge in [0.1, 0.15) is 0 Å². The molecule has 0 spiro atoms. The molecule has 1 N–H and O–H groups in total. The molecule has 0 bridgehead atoms. The second-order valence-corrected chi connectivity index (χ2v) is 6.64. The van der Waals surface area contributed by atoms with Crippen molar-refractivity contribution in [2.24, 2.45) is 0 Å². The van der Waals surface area contributed by atoms with Crippen LogP contribution >= 0.6 is 0 Å². The van der Waals surface area contributed by atoms with Crippen molar-refractivity contribution in [2.75, 3.05) is 11.9 Å². The summed E-state index contributed by atoms with van der Waals surface area (Å²) >= 11 is 0. The van der Waals surface area contributed by atoms with Crippen LogP contribution in [-0.4, -0.2) is 18.5 Å². The summed E-state index contributed by atoms with van der Waals surface area (Å²) in [7, 11) is 0. The standard InChI is InChI=1S/C21H25NO3/c1-13(2)17-8-6-7-9-18(17)22-19(23)12-25-21(24)20-15(4)10-14(3)11-16(20)5/h6-11,13H,12H2,1-5H3,(H,22,23). The number of nitrogens with one attached hydrogen (secondary N) is 1. The summed E-state index contributed by atoms with van der Waals surface area (Å²) in [4.78, 5) is 24.5. The number of benzene rings is 2. The van der Waals surface area contributed by atoms with Crippen LogP contribution in [-0.2, 0) is 9.53 Å². The number of aryl methyl sites for hydroxylation is 3. The van der Waals surface area contributed by atoms with Gasteiger partial charge in [-0.1, -0.05) is 49.7 Å². The summed E-state index contributed by atoms with van der Waals surface area (Å²) in [5, 5.41) is 2.82. The first-order chi connectivity index (χ1) is 11.8. The van der Waals surface area contributed by atoms with E-state index in [1.54, 1.807) is 0 Å². The number of amides is 1. The van der Waals surface area contributed by atoms with E-state index in [0.29, 0.717) is 5.56 Å². The minimum absolute atomic E-state index is 0.289. The lowest BCUT2D eigenvalue weighted by molar-refractivity contribution is -0.119. The molecule has 25 heavy (non-hydrogen) atoms. The van der Waals surface area contributed by atoms with Crippen LogP contribution < -0.4 is 5.32 Å². The van der Waals surface area contributed by atoms with E-state index in [9.17, 15) is 9.59 Å². The Bertz CT molecular complexity index is 770. The number of anilines is 1. The van der Waals surface area contributed by atoms with Gasteiger partial charge in [0.15, 0.2) is 6.61 Å². The summed E-state index contributed by atoms with van der Waals surface area (Å²) in [6, 6.07) is 11.5. The minimum Gasteiger partial charge on any atom is -0.452 e. The summed E-state index contributed by atoms with van der Waals surface area (Å²) in [6.45, 7) is 9.54. The van der Waals surface area contributed by atoms with Gasteiger partial charge in [0.25, 0.3) is 5.91 Å². The normalized spacial score (nSPS) is 10.6. The maximum absolute atomic E-state index is 12.3. The topological polar surface area (TPSA) is 55.4 Å². The lowest BCUT2D eigenvalue weighted by Crippen LogP contribution is -2.22. The largest absolute Gasteiger partial charge is 0.452 e. The average Bonchev–Trinajstić information content (AvgIpc) is 2.52. The van der Waals surface area contributed by atoms with Gasteiger partial charge >= 0.3 is 5.97 Å². The van der Waals surface area contributed by atoms with Crippen molar-refractivity contribution in [3.05, 3.63) is 64.2 Å². The first-order valence-electron chi connectivity index (χ1n) is 8.43. The van der Waals surface area contributed by atoms with Gasteiger partial charge in [0.2, 0.25) is 0 Å². The van der Waals surface area contributed by atoms with E-state index in [1.807, 2.05) is 57.2 Å². The van der Waals surface area contributed by atoms with Crippen molar-refractivity contribution < 1.29 is 14.3 Å². The van der Waals surface area contributed by atoms with Crippen molar-refractivity contribution >= 4 is 17.6 Å². The number of para-hydroxylation sites is 1. The van der Waals surface area contributed by atoms with E-state index in [0.717, 1.165) is 27.9 Å². The molecular formula is C21H25NO3. The number of hydrogen-bond donors (Lipinski definition) is 1. The van der Waals surface area contributed by atoms with Crippen molar-refractivity contribution in [2.45, 2.75) is 40.5 Å². The van der Waals surface area contributed by atoms with Crippen LogP contribution in [0.2, 0.25) is 0 Å². The third-order valence-corrected chi connectivity index (χ3v) is 4.07. The Morgan fingerprint density at radius 2 is 1.64 bits per heavy atom. The summed E-state index contributed by atoms with van der Waals surface area (Å²) < 4.78 is 5.21. The highest BCUT2D eigenvalue weighted by atomic mass is 16.5. The maximum atomic E-state index is 12.3. The molecule has 2 aromatic rings. The van der Waals surface area contributed by atoms with Gasteiger partial charge in [0.05, 0.1) is 5.56 Å². The molecule has 0 unspecified atom stereocenters. The van der Waals surface area contributed by atoms with Crippen LogP contribution in [0.5, 0.6) is 0 Å². The molecule has 132 valence electrons.